The lowest BCUT2D eigenvalue weighted by atomic mass is 9.92. The molecule has 4 rings (SSSR count). The third-order valence-electron chi connectivity index (χ3n) is 5.15. The minimum absolute atomic E-state index is 0.249. The van der Waals surface area contributed by atoms with Gasteiger partial charge in [-0.1, -0.05) is 52.7 Å². The third kappa shape index (κ3) is 4.83. The van der Waals surface area contributed by atoms with E-state index < -0.39 is 17.1 Å². The van der Waals surface area contributed by atoms with E-state index in [0.717, 1.165) is 38.0 Å². The summed E-state index contributed by atoms with van der Waals surface area (Å²) < 4.78 is 21.0. The molecular formula is C24H23BrN2O3S3. The predicted octanol–water partition coefficient (Wildman–Crippen LogP) is 7.12. The van der Waals surface area contributed by atoms with Gasteiger partial charge in [-0.3, -0.25) is 0 Å². The molecule has 0 amide bonds. The van der Waals surface area contributed by atoms with Gasteiger partial charge < -0.3 is 15.0 Å². The number of anilines is 1. The molecule has 2 aromatic carbocycles. The van der Waals surface area contributed by atoms with Gasteiger partial charge in [0, 0.05) is 37.3 Å². The number of thiazole rings is 1. The van der Waals surface area contributed by atoms with Crippen LogP contribution >= 0.6 is 38.6 Å². The molecule has 0 aliphatic carbocycles. The van der Waals surface area contributed by atoms with Crippen molar-refractivity contribution in [2.24, 2.45) is 0 Å². The summed E-state index contributed by atoms with van der Waals surface area (Å²) in [5, 5.41) is 3.34. The molecule has 0 spiro atoms. The fourth-order valence-corrected chi connectivity index (χ4v) is 7.45. The molecule has 0 saturated heterocycles. The highest BCUT2D eigenvalue weighted by Crippen LogP contribution is 2.48. The van der Waals surface area contributed by atoms with Gasteiger partial charge >= 0.3 is 5.97 Å². The Morgan fingerprint density at radius 1 is 1.27 bits per heavy atom. The van der Waals surface area contributed by atoms with Crippen molar-refractivity contribution < 1.29 is 14.1 Å². The number of aromatic nitrogens is 1. The molecule has 0 aliphatic heterocycles. The summed E-state index contributed by atoms with van der Waals surface area (Å²) in [5.41, 5.74) is 9.75. The summed E-state index contributed by atoms with van der Waals surface area (Å²) in [5.74, 6) is 0.132. The Morgan fingerprint density at radius 2 is 2.03 bits per heavy atom. The number of carbonyl (C=O) groups is 1. The van der Waals surface area contributed by atoms with E-state index in [1.807, 2.05) is 35.7 Å². The number of hydrogen-bond acceptors (Lipinski definition) is 7. The van der Waals surface area contributed by atoms with Crippen molar-refractivity contribution >= 4 is 71.5 Å². The summed E-state index contributed by atoms with van der Waals surface area (Å²) in [6.45, 7) is 4.11. The number of halogens is 1. The van der Waals surface area contributed by atoms with E-state index in [1.165, 1.54) is 22.7 Å². The molecule has 5 nitrogen and oxygen atoms in total. The number of ether oxygens (including phenoxy) is 1. The van der Waals surface area contributed by atoms with Gasteiger partial charge in [0.2, 0.25) is 4.21 Å². The number of esters is 1. The zero-order chi connectivity index (χ0) is 23.5. The van der Waals surface area contributed by atoms with Crippen LogP contribution in [0.1, 0.15) is 37.0 Å². The first-order valence-corrected chi connectivity index (χ1v) is 14.4. The van der Waals surface area contributed by atoms with Crippen LogP contribution in [0.15, 0.2) is 50.6 Å². The zero-order valence-electron chi connectivity index (χ0n) is 18.2. The van der Waals surface area contributed by atoms with E-state index in [4.69, 9.17) is 10.5 Å². The minimum Gasteiger partial charge on any atom is -0.611 e. The van der Waals surface area contributed by atoms with Crippen molar-refractivity contribution in [1.82, 2.24) is 4.98 Å². The van der Waals surface area contributed by atoms with Crippen LogP contribution in [0.5, 0.6) is 0 Å². The quantitative estimate of drug-likeness (QED) is 0.182. The molecule has 172 valence electrons. The van der Waals surface area contributed by atoms with E-state index in [-0.39, 0.29) is 6.61 Å². The lowest BCUT2D eigenvalue weighted by Crippen LogP contribution is -2.10. The normalized spacial score (nSPS) is 12.2. The Morgan fingerprint density at radius 3 is 2.67 bits per heavy atom. The van der Waals surface area contributed by atoms with Gasteiger partial charge in [-0.15, -0.1) is 11.3 Å². The van der Waals surface area contributed by atoms with Gasteiger partial charge in [-0.25, -0.2) is 9.78 Å². The molecule has 4 aromatic rings. The molecule has 0 bridgehead atoms. The minimum atomic E-state index is -1.20. The molecule has 0 radical (unpaired) electrons. The molecule has 2 aromatic heterocycles. The fourth-order valence-electron chi connectivity index (χ4n) is 3.65. The van der Waals surface area contributed by atoms with Gasteiger partial charge in [0.1, 0.15) is 16.4 Å². The highest BCUT2D eigenvalue weighted by molar-refractivity contribution is 9.10. The van der Waals surface area contributed by atoms with Crippen molar-refractivity contribution in [1.29, 1.82) is 0 Å². The molecule has 9 heteroatoms. The molecule has 33 heavy (non-hydrogen) atoms. The monoisotopic (exact) mass is 562 g/mol. The first kappa shape index (κ1) is 24.2. The molecule has 0 saturated carbocycles. The van der Waals surface area contributed by atoms with Crippen molar-refractivity contribution in [3.8, 4) is 21.7 Å². The largest absolute Gasteiger partial charge is 0.611 e. The number of carbonyl (C=O) groups excluding carboxylic acids is 1. The highest BCUT2D eigenvalue weighted by Gasteiger charge is 2.30. The smallest absolute Gasteiger partial charge is 0.339 e. The second-order valence-corrected chi connectivity index (χ2v) is 11.9. The van der Waals surface area contributed by atoms with Gasteiger partial charge in [0.25, 0.3) is 0 Å². The van der Waals surface area contributed by atoms with Gasteiger partial charge in [-0.05, 0) is 48.3 Å². The number of fused-ring (bicyclic) bond motifs is 1. The zero-order valence-corrected chi connectivity index (χ0v) is 22.3. The molecule has 1 unspecified atom stereocenters. The number of thiophene rings is 1. The maximum Gasteiger partial charge on any atom is 0.339 e. The van der Waals surface area contributed by atoms with Crippen molar-refractivity contribution in [3.63, 3.8) is 0 Å². The van der Waals surface area contributed by atoms with Crippen molar-refractivity contribution in [3.05, 3.63) is 51.9 Å². The highest BCUT2D eigenvalue weighted by atomic mass is 79.9. The van der Waals surface area contributed by atoms with Crippen LogP contribution < -0.4 is 5.73 Å². The van der Waals surface area contributed by atoms with E-state index in [1.54, 1.807) is 13.1 Å². The lowest BCUT2D eigenvalue weighted by molar-refractivity contribution is 0.0528. The van der Waals surface area contributed by atoms with E-state index in [2.05, 4.69) is 27.8 Å². The van der Waals surface area contributed by atoms with Gasteiger partial charge in [0.05, 0.1) is 12.2 Å². The molecule has 2 heterocycles. The number of unbranched alkanes of at least 4 members (excludes halogenated alkanes) is 1. The number of benzene rings is 2. The Kier molecular flexibility index (Phi) is 7.76. The van der Waals surface area contributed by atoms with Crippen LogP contribution in [0.3, 0.4) is 0 Å². The van der Waals surface area contributed by atoms with Gasteiger partial charge in [0.15, 0.2) is 0 Å². The summed E-state index contributed by atoms with van der Waals surface area (Å²) in [6, 6.07) is 9.67. The Hall–Kier alpha value is -1.91. The standard InChI is InChI=1S/C24H23BrN2O3S3/c1-3-5-12-33(29)24-21(26)20-17(32-24)13-16(22-27-10-11-31-22)19(23(28)30-4-2)18(20)14-6-8-15(25)9-7-14/h6-11,13H,3-5,12,26H2,1-2H3. The first-order valence-electron chi connectivity index (χ1n) is 10.6. The second kappa shape index (κ2) is 10.6. The van der Waals surface area contributed by atoms with E-state index in [0.29, 0.717) is 32.3 Å². The molecule has 0 fully saturated rings. The lowest BCUT2D eigenvalue weighted by Gasteiger charge is -2.15. The Labute approximate surface area is 212 Å². The third-order valence-corrected chi connectivity index (χ3v) is 9.53. The maximum atomic E-state index is 13.3. The number of nitrogen functional groups attached to an aromatic ring is 1. The van der Waals surface area contributed by atoms with Crippen LogP contribution in [0.4, 0.5) is 5.69 Å². The molecule has 1 atom stereocenters. The number of nitrogens with two attached hydrogens (primary N) is 1. The topological polar surface area (TPSA) is 88.3 Å². The second-order valence-electron chi connectivity index (χ2n) is 7.32. The first-order chi connectivity index (χ1) is 16.0. The predicted molar refractivity (Wildman–Crippen MR) is 143 cm³/mol. The molecule has 0 aliphatic rings. The van der Waals surface area contributed by atoms with Crippen LogP contribution in [0, 0.1) is 0 Å². The number of nitrogens with zero attached hydrogens (tertiary/aromatic N) is 1. The van der Waals surface area contributed by atoms with E-state index in [9.17, 15) is 9.35 Å². The SMILES string of the molecule is CCCC[S+]([O-])c1sc2cc(-c3nccs3)c(C(=O)OCC)c(-c3ccc(Br)cc3)c2c1N. The summed E-state index contributed by atoms with van der Waals surface area (Å²) in [7, 11) is 0. The fraction of sp³-hybridized carbons (Fsp3) is 0.250. The van der Waals surface area contributed by atoms with Crippen molar-refractivity contribution in [2.45, 2.75) is 30.9 Å². The van der Waals surface area contributed by atoms with Crippen LogP contribution in [0.2, 0.25) is 0 Å². The summed E-state index contributed by atoms with van der Waals surface area (Å²) >= 11 is 5.17. The number of rotatable bonds is 8. The summed E-state index contributed by atoms with van der Waals surface area (Å²) in [4.78, 5) is 17.8. The average Bonchev–Trinajstić information content (AvgIpc) is 3.45. The van der Waals surface area contributed by atoms with Gasteiger partial charge in [-0.2, -0.15) is 0 Å². The maximum absolute atomic E-state index is 13.3. The summed E-state index contributed by atoms with van der Waals surface area (Å²) in [6.07, 6.45) is 3.53. The van der Waals surface area contributed by atoms with Crippen LogP contribution in [-0.2, 0) is 15.9 Å². The van der Waals surface area contributed by atoms with Crippen LogP contribution in [0.25, 0.3) is 31.8 Å². The Balaban J connectivity index is 2.08. The van der Waals surface area contributed by atoms with E-state index >= 15 is 0 Å². The molecule has 2 N–H and O–H groups in total. The average molecular weight is 564 g/mol. The number of hydrogen-bond donors (Lipinski definition) is 1. The molecular weight excluding hydrogens is 540 g/mol. The van der Waals surface area contributed by atoms with Crippen LogP contribution in [-0.4, -0.2) is 27.9 Å². The Bertz CT molecular complexity index is 1270. The van der Waals surface area contributed by atoms with Crippen molar-refractivity contribution in [2.75, 3.05) is 18.1 Å².